The predicted octanol–water partition coefficient (Wildman–Crippen LogP) is 5.04. The van der Waals surface area contributed by atoms with E-state index in [0.29, 0.717) is 29.2 Å². The lowest BCUT2D eigenvalue weighted by molar-refractivity contribution is -0.132. The maximum Gasteiger partial charge on any atom is 0.352 e. The van der Waals surface area contributed by atoms with Gasteiger partial charge < -0.3 is 19.9 Å². The molecule has 0 saturated heterocycles. The van der Waals surface area contributed by atoms with E-state index in [0.717, 1.165) is 14.7 Å². The van der Waals surface area contributed by atoms with Crippen molar-refractivity contribution in [2.75, 3.05) is 7.11 Å². The number of amides is 1. The number of nitrogens with one attached hydrogen (secondary N) is 1. The van der Waals surface area contributed by atoms with Crippen LogP contribution in [0.4, 0.5) is 0 Å². The number of carbonyl (C=O) groups is 2. The monoisotopic (exact) mass is 543 g/mol. The summed E-state index contributed by atoms with van der Waals surface area (Å²) in [4.78, 5) is 24.1. The Morgan fingerprint density at radius 3 is 2.41 bits per heavy atom. The Labute approximate surface area is 200 Å². The van der Waals surface area contributed by atoms with Gasteiger partial charge in [0.2, 0.25) is 0 Å². The number of hydrogen-bond donors (Lipinski definition) is 2. The lowest BCUT2D eigenvalue weighted by Gasteiger charge is -2.15. The zero-order chi connectivity index (χ0) is 23.1. The molecule has 0 unspecified atom stereocenters. The van der Waals surface area contributed by atoms with Crippen molar-refractivity contribution in [2.24, 2.45) is 0 Å². The maximum absolute atomic E-state index is 12.4. The second-order valence-electron chi connectivity index (χ2n) is 6.93. The number of aliphatic carboxylic acids is 1. The molecule has 0 aliphatic heterocycles. The molecule has 0 aromatic heterocycles. The minimum absolute atomic E-state index is 0.245. The number of carbonyl (C=O) groups excluding carboxylic acids is 1. The Hall–Kier alpha value is -3.33. The van der Waals surface area contributed by atoms with Crippen molar-refractivity contribution in [1.29, 1.82) is 0 Å². The summed E-state index contributed by atoms with van der Waals surface area (Å²) < 4.78 is 12.3. The first-order chi connectivity index (χ1) is 15.4. The van der Waals surface area contributed by atoms with Crippen molar-refractivity contribution in [2.45, 2.75) is 13.5 Å². The molecule has 0 aliphatic carbocycles. The quantitative estimate of drug-likeness (QED) is 0.307. The first-order valence-electron chi connectivity index (χ1n) is 9.75. The zero-order valence-electron chi connectivity index (χ0n) is 17.6. The van der Waals surface area contributed by atoms with Gasteiger partial charge in [0.15, 0.2) is 11.5 Å². The number of halogens is 1. The van der Waals surface area contributed by atoms with E-state index in [1.54, 1.807) is 42.5 Å². The Kier molecular flexibility index (Phi) is 7.88. The van der Waals surface area contributed by atoms with Crippen molar-refractivity contribution < 1.29 is 24.2 Å². The third kappa shape index (κ3) is 5.88. The van der Waals surface area contributed by atoms with Crippen molar-refractivity contribution in [1.82, 2.24) is 5.32 Å². The number of rotatable bonds is 8. The minimum atomic E-state index is -1.25. The van der Waals surface area contributed by atoms with E-state index in [1.807, 2.05) is 31.2 Å². The average Bonchev–Trinajstić information content (AvgIpc) is 2.79. The molecule has 3 aromatic carbocycles. The van der Waals surface area contributed by atoms with Crippen LogP contribution in [0.15, 0.2) is 72.4 Å². The second kappa shape index (κ2) is 10.8. The highest BCUT2D eigenvalue weighted by molar-refractivity contribution is 14.1. The van der Waals surface area contributed by atoms with E-state index < -0.39 is 11.9 Å². The minimum Gasteiger partial charge on any atom is -0.493 e. The molecule has 1 amide bonds. The standard InChI is InChI=1S/C25H22INO5/c1-16-8-6-7-11-19(16)15-32-23-20(26)12-17(14-22(23)31-2)13-21(25(29)30)27-24(28)18-9-4-3-5-10-18/h3-14H,15H2,1-2H3,(H,27,28)(H,29,30)/b21-13+. The Bertz CT molecular complexity index is 1160. The summed E-state index contributed by atoms with van der Waals surface area (Å²) >= 11 is 2.12. The fourth-order valence-corrected chi connectivity index (χ4v) is 3.77. The summed E-state index contributed by atoms with van der Waals surface area (Å²) in [5.41, 5.74) is 2.87. The predicted molar refractivity (Wildman–Crippen MR) is 131 cm³/mol. The summed E-state index contributed by atoms with van der Waals surface area (Å²) in [5.74, 6) is -0.711. The molecule has 0 fully saturated rings. The van der Waals surface area contributed by atoms with Gasteiger partial charge in [-0.3, -0.25) is 4.79 Å². The molecule has 0 saturated carbocycles. The number of carboxylic acids is 1. The van der Waals surface area contributed by atoms with E-state index in [2.05, 4.69) is 27.9 Å². The highest BCUT2D eigenvalue weighted by Crippen LogP contribution is 2.35. The molecule has 3 aromatic rings. The van der Waals surface area contributed by atoms with Gasteiger partial charge in [-0.05, 0) is 76.5 Å². The van der Waals surface area contributed by atoms with Crippen LogP contribution in [0.1, 0.15) is 27.0 Å². The number of ether oxygens (including phenoxy) is 2. The molecule has 0 atom stereocenters. The maximum atomic E-state index is 12.4. The van der Waals surface area contributed by atoms with Crippen LogP contribution in [0.3, 0.4) is 0 Å². The average molecular weight is 543 g/mol. The van der Waals surface area contributed by atoms with Crippen LogP contribution in [0.5, 0.6) is 11.5 Å². The molecular formula is C25H22INO5. The lowest BCUT2D eigenvalue weighted by atomic mass is 10.1. The van der Waals surface area contributed by atoms with Crippen molar-refractivity contribution in [3.63, 3.8) is 0 Å². The van der Waals surface area contributed by atoms with Gasteiger partial charge in [0.05, 0.1) is 10.7 Å². The zero-order valence-corrected chi connectivity index (χ0v) is 19.8. The van der Waals surface area contributed by atoms with Crippen LogP contribution in [0.2, 0.25) is 0 Å². The van der Waals surface area contributed by atoms with Crippen LogP contribution < -0.4 is 14.8 Å². The first kappa shape index (κ1) is 23.3. The van der Waals surface area contributed by atoms with Crippen LogP contribution in [0, 0.1) is 10.5 Å². The summed E-state index contributed by atoms with van der Waals surface area (Å²) in [6.45, 7) is 2.40. The molecular weight excluding hydrogens is 521 g/mol. The van der Waals surface area contributed by atoms with Gasteiger partial charge in [-0.15, -0.1) is 0 Å². The van der Waals surface area contributed by atoms with Crippen LogP contribution in [0.25, 0.3) is 6.08 Å². The van der Waals surface area contributed by atoms with E-state index in [9.17, 15) is 14.7 Å². The fraction of sp³-hybridized carbons (Fsp3) is 0.120. The number of aryl methyl sites for hydroxylation is 1. The van der Waals surface area contributed by atoms with Gasteiger partial charge in [-0.25, -0.2) is 4.79 Å². The third-order valence-corrected chi connectivity index (χ3v) is 5.51. The summed E-state index contributed by atoms with van der Waals surface area (Å²) in [5, 5.41) is 12.0. The molecule has 0 heterocycles. The highest BCUT2D eigenvalue weighted by Gasteiger charge is 2.16. The molecule has 3 rings (SSSR count). The van der Waals surface area contributed by atoms with Crippen LogP contribution in [-0.2, 0) is 11.4 Å². The van der Waals surface area contributed by atoms with Gasteiger partial charge in [0, 0.05) is 5.56 Å². The van der Waals surface area contributed by atoms with E-state index in [4.69, 9.17) is 9.47 Å². The molecule has 6 nitrogen and oxygen atoms in total. The van der Waals surface area contributed by atoms with Gasteiger partial charge in [0.25, 0.3) is 5.91 Å². The van der Waals surface area contributed by atoms with Crippen molar-refractivity contribution in [3.05, 3.63) is 98.3 Å². The molecule has 7 heteroatoms. The fourth-order valence-electron chi connectivity index (χ4n) is 2.99. The number of carboxylic acid groups (broad SMARTS) is 1. The third-order valence-electron chi connectivity index (χ3n) is 4.71. The van der Waals surface area contributed by atoms with E-state index in [-0.39, 0.29) is 5.70 Å². The topological polar surface area (TPSA) is 84.9 Å². The van der Waals surface area contributed by atoms with E-state index >= 15 is 0 Å². The molecule has 0 bridgehead atoms. The number of hydrogen-bond acceptors (Lipinski definition) is 4. The second-order valence-corrected chi connectivity index (χ2v) is 8.09. The molecule has 0 spiro atoms. The number of benzene rings is 3. The van der Waals surface area contributed by atoms with Gasteiger partial charge in [-0.2, -0.15) is 0 Å². The van der Waals surface area contributed by atoms with Crippen LogP contribution >= 0.6 is 22.6 Å². The number of methoxy groups -OCH3 is 1. The van der Waals surface area contributed by atoms with E-state index in [1.165, 1.54) is 13.2 Å². The molecule has 164 valence electrons. The Balaban J connectivity index is 1.85. The van der Waals surface area contributed by atoms with Gasteiger partial charge in [-0.1, -0.05) is 42.5 Å². The normalized spacial score (nSPS) is 11.0. The van der Waals surface area contributed by atoms with Crippen molar-refractivity contribution >= 4 is 40.5 Å². The first-order valence-corrected chi connectivity index (χ1v) is 10.8. The van der Waals surface area contributed by atoms with Crippen molar-refractivity contribution in [3.8, 4) is 11.5 Å². The van der Waals surface area contributed by atoms with Crippen LogP contribution in [-0.4, -0.2) is 24.1 Å². The van der Waals surface area contributed by atoms with Gasteiger partial charge in [0.1, 0.15) is 12.3 Å². The molecule has 2 N–H and O–H groups in total. The lowest BCUT2D eigenvalue weighted by Crippen LogP contribution is -2.27. The largest absolute Gasteiger partial charge is 0.493 e. The molecule has 32 heavy (non-hydrogen) atoms. The van der Waals surface area contributed by atoms with Gasteiger partial charge >= 0.3 is 5.97 Å². The smallest absolute Gasteiger partial charge is 0.352 e. The highest BCUT2D eigenvalue weighted by atomic mass is 127. The summed E-state index contributed by atoms with van der Waals surface area (Å²) in [7, 11) is 1.52. The Morgan fingerprint density at radius 2 is 1.75 bits per heavy atom. The summed E-state index contributed by atoms with van der Waals surface area (Å²) in [6.07, 6.45) is 1.39. The summed E-state index contributed by atoms with van der Waals surface area (Å²) in [6, 6.07) is 19.8. The molecule has 0 radical (unpaired) electrons. The molecule has 0 aliphatic rings. The Morgan fingerprint density at radius 1 is 1.06 bits per heavy atom. The SMILES string of the molecule is COc1cc(/C=C(/NC(=O)c2ccccc2)C(=O)O)cc(I)c1OCc1ccccc1C.